The minimum absolute atomic E-state index is 0.0467. The molecule has 0 saturated carbocycles. The van der Waals surface area contributed by atoms with Crippen LogP contribution in [0.25, 0.3) is 0 Å². The summed E-state index contributed by atoms with van der Waals surface area (Å²) in [6, 6.07) is 8.31. The quantitative estimate of drug-likeness (QED) is 0.657. The van der Waals surface area contributed by atoms with Gasteiger partial charge in [0.15, 0.2) is 11.6 Å². The molecule has 4 rings (SSSR count). The van der Waals surface area contributed by atoms with Crippen LogP contribution >= 0.6 is 0 Å². The molecule has 2 aromatic heterocycles. The molecule has 2 aliphatic rings. The summed E-state index contributed by atoms with van der Waals surface area (Å²) in [5.41, 5.74) is 0.419. The van der Waals surface area contributed by atoms with Crippen molar-refractivity contribution in [1.29, 1.82) is 0 Å². The predicted molar refractivity (Wildman–Crippen MR) is 117 cm³/mol. The number of methoxy groups -OCH3 is 1. The van der Waals surface area contributed by atoms with Crippen LogP contribution in [0.4, 0.5) is 10.2 Å². The molecule has 2 N–H and O–H groups in total. The zero-order valence-electron chi connectivity index (χ0n) is 18.2. The van der Waals surface area contributed by atoms with Gasteiger partial charge < -0.3 is 24.7 Å². The van der Waals surface area contributed by atoms with Gasteiger partial charge in [-0.2, -0.15) is 0 Å². The number of likely N-dealkylation sites (tertiary alicyclic amines) is 1. The number of amides is 1. The average Bonchev–Trinajstić information content (AvgIpc) is 3.13. The van der Waals surface area contributed by atoms with Crippen LogP contribution in [0.2, 0.25) is 0 Å². The van der Waals surface area contributed by atoms with Crippen LogP contribution in [-0.4, -0.2) is 77.2 Å². The molecule has 0 spiro atoms. The van der Waals surface area contributed by atoms with E-state index in [9.17, 15) is 9.18 Å². The number of anilines is 1. The van der Waals surface area contributed by atoms with E-state index in [-0.39, 0.29) is 24.7 Å². The minimum atomic E-state index is -0.273. The fourth-order valence-corrected chi connectivity index (χ4v) is 4.15. The molecule has 0 aliphatic carbocycles. The molecule has 2 aliphatic heterocycles. The van der Waals surface area contributed by atoms with Crippen LogP contribution in [0.15, 0.2) is 36.5 Å². The number of rotatable bonds is 3. The Bertz CT molecular complexity index is 909. The topological polar surface area (TPSA) is 133 Å². The van der Waals surface area contributed by atoms with Crippen LogP contribution in [0, 0.1) is 17.7 Å². The highest BCUT2D eigenvalue weighted by Crippen LogP contribution is 2.34. The summed E-state index contributed by atoms with van der Waals surface area (Å²) in [5, 5.41) is 13.8. The molecule has 178 valence electrons. The standard InChI is InChI=1S/C20H23FN4O2.2CH2O2/c1-27-18-6-2-5-17(23-18)20(26)25-12-14-7-10-24(11-8-15(14)13-25)19-16(21)4-3-9-22-19;2*2-1-3/h2-6,9,14-15H,7-8,10-13H2,1H3;2*1H,(H,2,3)/t14-,15+;;. The van der Waals surface area contributed by atoms with Gasteiger partial charge in [-0.3, -0.25) is 14.4 Å². The molecular weight excluding hydrogens is 435 g/mol. The SMILES string of the molecule is COc1cccc(C(=O)N2C[C@H]3CCN(c4ncccc4F)CC[C@H]3C2)n1.O=CO.O=CO. The third kappa shape index (κ3) is 6.86. The maximum Gasteiger partial charge on any atom is 0.290 e. The van der Waals surface area contributed by atoms with Gasteiger partial charge in [0.2, 0.25) is 5.88 Å². The second-order valence-corrected chi connectivity index (χ2v) is 7.38. The van der Waals surface area contributed by atoms with Gasteiger partial charge >= 0.3 is 0 Å². The smallest absolute Gasteiger partial charge is 0.290 e. The molecule has 4 heterocycles. The summed E-state index contributed by atoms with van der Waals surface area (Å²) in [7, 11) is 1.54. The first kappa shape index (κ1) is 25.5. The number of carbonyl (C=O) groups is 3. The van der Waals surface area contributed by atoms with E-state index in [1.807, 2.05) is 9.80 Å². The van der Waals surface area contributed by atoms with Gasteiger partial charge in [0.25, 0.3) is 18.9 Å². The lowest BCUT2D eigenvalue weighted by Crippen LogP contribution is -2.32. The van der Waals surface area contributed by atoms with Gasteiger partial charge in [0, 0.05) is 38.4 Å². The number of pyridine rings is 2. The van der Waals surface area contributed by atoms with Crippen LogP contribution in [0.1, 0.15) is 23.3 Å². The van der Waals surface area contributed by atoms with Gasteiger partial charge in [0.1, 0.15) is 5.69 Å². The first-order valence-corrected chi connectivity index (χ1v) is 10.3. The zero-order valence-corrected chi connectivity index (χ0v) is 18.2. The van der Waals surface area contributed by atoms with E-state index in [0.29, 0.717) is 29.2 Å². The Morgan fingerprint density at radius 1 is 1.09 bits per heavy atom. The zero-order chi connectivity index (χ0) is 24.2. The van der Waals surface area contributed by atoms with Gasteiger partial charge in [0.05, 0.1) is 7.11 Å². The van der Waals surface area contributed by atoms with Crippen LogP contribution in [0.5, 0.6) is 5.88 Å². The molecule has 11 heteroatoms. The normalized spacial score (nSPS) is 19.0. The molecule has 0 bridgehead atoms. The second-order valence-electron chi connectivity index (χ2n) is 7.38. The Morgan fingerprint density at radius 3 is 2.24 bits per heavy atom. The Labute approximate surface area is 190 Å². The van der Waals surface area contributed by atoms with E-state index in [2.05, 4.69) is 9.97 Å². The van der Waals surface area contributed by atoms with Crippen molar-refractivity contribution < 1.29 is 33.7 Å². The van der Waals surface area contributed by atoms with Crippen molar-refractivity contribution in [3.63, 3.8) is 0 Å². The summed E-state index contributed by atoms with van der Waals surface area (Å²) < 4.78 is 19.2. The van der Waals surface area contributed by atoms with Crippen LogP contribution < -0.4 is 9.64 Å². The Morgan fingerprint density at radius 2 is 1.70 bits per heavy atom. The lowest BCUT2D eigenvalue weighted by molar-refractivity contribution is -0.123. The highest BCUT2D eigenvalue weighted by molar-refractivity contribution is 5.92. The number of carboxylic acid groups (broad SMARTS) is 2. The molecule has 0 radical (unpaired) electrons. The average molecular weight is 462 g/mol. The molecule has 33 heavy (non-hydrogen) atoms. The van der Waals surface area contributed by atoms with E-state index in [1.54, 1.807) is 37.6 Å². The summed E-state index contributed by atoms with van der Waals surface area (Å²) >= 11 is 0. The molecule has 1 amide bonds. The first-order chi connectivity index (χ1) is 16.0. The molecular formula is C22H27FN4O6. The van der Waals surface area contributed by atoms with Gasteiger partial charge in [-0.1, -0.05) is 6.07 Å². The molecule has 2 fully saturated rings. The molecule has 10 nitrogen and oxygen atoms in total. The molecule has 0 unspecified atom stereocenters. The highest BCUT2D eigenvalue weighted by Gasteiger charge is 2.37. The number of aromatic nitrogens is 2. The van der Waals surface area contributed by atoms with Crippen LogP contribution in [-0.2, 0) is 9.59 Å². The van der Waals surface area contributed by atoms with Crippen molar-refractivity contribution in [2.75, 3.05) is 38.2 Å². The van der Waals surface area contributed by atoms with E-state index in [1.165, 1.54) is 6.07 Å². The fourth-order valence-electron chi connectivity index (χ4n) is 4.15. The van der Waals surface area contributed by atoms with Gasteiger partial charge in [-0.15, -0.1) is 0 Å². The summed E-state index contributed by atoms with van der Waals surface area (Å²) in [6.45, 7) is 2.46. The second kappa shape index (κ2) is 12.9. The molecule has 0 aromatic carbocycles. The number of hydrogen-bond donors (Lipinski definition) is 2. The van der Waals surface area contributed by atoms with Crippen molar-refractivity contribution in [3.8, 4) is 5.88 Å². The Balaban J connectivity index is 0.000000582. The minimum Gasteiger partial charge on any atom is -0.483 e. The van der Waals surface area contributed by atoms with E-state index >= 15 is 0 Å². The Hall–Kier alpha value is -3.76. The summed E-state index contributed by atoms with van der Waals surface area (Å²) in [5.74, 6) is 1.42. The number of hydrogen-bond acceptors (Lipinski definition) is 7. The number of fused-ring (bicyclic) bond motifs is 1. The summed E-state index contributed by atoms with van der Waals surface area (Å²) in [6.07, 6.45) is 3.48. The maximum atomic E-state index is 14.0. The molecule has 2 atom stereocenters. The van der Waals surface area contributed by atoms with E-state index in [0.717, 1.165) is 39.0 Å². The summed E-state index contributed by atoms with van der Waals surface area (Å²) in [4.78, 5) is 41.9. The van der Waals surface area contributed by atoms with Crippen molar-refractivity contribution in [1.82, 2.24) is 14.9 Å². The fraction of sp³-hybridized carbons (Fsp3) is 0.409. The molecule has 2 aromatic rings. The monoisotopic (exact) mass is 462 g/mol. The third-order valence-electron chi connectivity index (χ3n) is 5.59. The van der Waals surface area contributed by atoms with Crippen molar-refractivity contribution >= 4 is 24.7 Å². The number of nitrogens with zero attached hydrogens (tertiary/aromatic N) is 4. The largest absolute Gasteiger partial charge is 0.483 e. The van der Waals surface area contributed by atoms with E-state index < -0.39 is 0 Å². The lowest BCUT2D eigenvalue weighted by Gasteiger charge is -2.23. The van der Waals surface area contributed by atoms with Crippen molar-refractivity contribution in [3.05, 3.63) is 48.0 Å². The van der Waals surface area contributed by atoms with E-state index in [4.69, 9.17) is 24.5 Å². The number of halogens is 1. The number of ether oxygens (including phenoxy) is 1. The van der Waals surface area contributed by atoms with Crippen LogP contribution in [0.3, 0.4) is 0 Å². The first-order valence-electron chi connectivity index (χ1n) is 10.3. The number of carbonyl (C=O) groups excluding carboxylic acids is 1. The highest BCUT2D eigenvalue weighted by atomic mass is 19.1. The molecule has 2 saturated heterocycles. The Kier molecular flexibility index (Phi) is 10.00. The van der Waals surface area contributed by atoms with Gasteiger partial charge in [-0.05, 0) is 42.9 Å². The lowest BCUT2D eigenvalue weighted by atomic mass is 9.92. The third-order valence-corrected chi connectivity index (χ3v) is 5.59. The van der Waals surface area contributed by atoms with Crippen molar-refractivity contribution in [2.24, 2.45) is 11.8 Å². The maximum absolute atomic E-state index is 14.0. The van der Waals surface area contributed by atoms with Crippen molar-refractivity contribution in [2.45, 2.75) is 12.8 Å². The predicted octanol–water partition coefficient (Wildman–Crippen LogP) is 2.01. The van der Waals surface area contributed by atoms with Gasteiger partial charge in [-0.25, -0.2) is 14.4 Å².